The van der Waals surface area contributed by atoms with Crippen molar-refractivity contribution in [1.82, 2.24) is 25.4 Å². The first kappa shape index (κ1) is 21.5. The highest BCUT2D eigenvalue weighted by Crippen LogP contribution is 2.37. The zero-order valence-electron chi connectivity index (χ0n) is 18.6. The zero-order valence-corrected chi connectivity index (χ0v) is 19.4. The second-order valence-electron chi connectivity index (χ2n) is 8.69. The van der Waals surface area contributed by atoms with Crippen LogP contribution in [-0.2, 0) is 22.0 Å². The summed E-state index contributed by atoms with van der Waals surface area (Å²) in [5, 5.41) is 12.0. The monoisotopic (exact) mass is 463 g/mol. The molecule has 0 radical (unpaired) electrons. The van der Waals surface area contributed by atoms with Crippen LogP contribution in [0.15, 0.2) is 42.6 Å². The van der Waals surface area contributed by atoms with Gasteiger partial charge in [-0.3, -0.25) is 9.89 Å². The van der Waals surface area contributed by atoms with Gasteiger partial charge in [0.05, 0.1) is 34.4 Å². The maximum absolute atomic E-state index is 12.5. The number of carbonyl (C=O) groups is 1. The number of sulfone groups is 1. The van der Waals surface area contributed by atoms with Crippen LogP contribution in [0.4, 0.5) is 0 Å². The van der Waals surface area contributed by atoms with Gasteiger partial charge in [0.1, 0.15) is 0 Å². The van der Waals surface area contributed by atoms with E-state index >= 15 is 0 Å². The predicted octanol–water partition coefficient (Wildman–Crippen LogP) is 2.54. The van der Waals surface area contributed by atoms with Gasteiger partial charge >= 0.3 is 0 Å². The molecule has 33 heavy (non-hydrogen) atoms. The van der Waals surface area contributed by atoms with E-state index in [-0.39, 0.29) is 17.4 Å². The second-order valence-corrected chi connectivity index (χ2v) is 10.9. The lowest BCUT2D eigenvalue weighted by Crippen LogP contribution is -2.31. The van der Waals surface area contributed by atoms with E-state index in [9.17, 15) is 13.2 Å². The van der Waals surface area contributed by atoms with Gasteiger partial charge in [-0.1, -0.05) is 12.1 Å². The van der Waals surface area contributed by atoms with E-state index in [1.165, 1.54) is 0 Å². The van der Waals surface area contributed by atoms with Crippen LogP contribution in [0.5, 0.6) is 0 Å². The van der Waals surface area contributed by atoms with E-state index < -0.39 is 9.84 Å². The molecule has 0 spiro atoms. The number of benzene rings is 2. The van der Waals surface area contributed by atoms with Crippen molar-refractivity contribution in [2.24, 2.45) is 0 Å². The molecule has 1 amide bonds. The highest BCUT2D eigenvalue weighted by Gasteiger charge is 2.28. The Labute approximate surface area is 191 Å². The van der Waals surface area contributed by atoms with Crippen LogP contribution in [0.25, 0.3) is 33.1 Å². The number of carbonyl (C=O) groups excluding carboxylic acids is 1. The molecule has 2 aromatic heterocycles. The second kappa shape index (κ2) is 8.24. The van der Waals surface area contributed by atoms with Crippen molar-refractivity contribution in [2.75, 3.05) is 32.9 Å². The molecule has 170 valence electrons. The molecular weight excluding hydrogens is 438 g/mol. The number of likely N-dealkylation sites (N-methyl/N-ethyl adjacent to an activating group) is 1. The molecule has 0 aliphatic carbocycles. The van der Waals surface area contributed by atoms with Crippen LogP contribution in [-0.4, -0.2) is 67.3 Å². The van der Waals surface area contributed by atoms with Crippen LogP contribution in [0.2, 0.25) is 0 Å². The smallest absolute Gasteiger partial charge is 0.251 e. The van der Waals surface area contributed by atoms with Crippen molar-refractivity contribution in [3.8, 4) is 11.3 Å². The molecule has 8 nitrogen and oxygen atoms in total. The number of aryl methyl sites for hydroxylation is 1. The van der Waals surface area contributed by atoms with Gasteiger partial charge in [0.15, 0.2) is 9.84 Å². The standard InChI is InChI=1S/C24H25N5O3S/c1-29(2)11-10-25-24(30)16-5-3-15(4-6-16)23-19-14-33(31,32)12-9-17(19)22-18-13-26-28-20(18)7-8-21(22)27-23/h3-8,13H,9-12,14H2,1-2H3,(H,25,30)(H,26,28). The number of H-pyrrole nitrogens is 1. The fourth-order valence-electron chi connectivity index (χ4n) is 4.39. The van der Waals surface area contributed by atoms with Crippen LogP contribution in [0.3, 0.4) is 0 Å². The molecule has 4 aromatic rings. The van der Waals surface area contributed by atoms with Crippen molar-refractivity contribution in [3.05, 3.63) is 59.3 Å². The Morgan fingerprint density at radius 2 is 1.91 bits per heavy atom. The fourth-order valence-corrected chi connectivity index (χ4v) is 5.80. The van der Waals surface area contributed by atoms with Crippen molar-refractivity contribution in [1.29, 1.82) is 0 Å². The Morgan fingerprint density at radius 1 is 1.12 bits per heavy atom. The van der Waals surface area contributed by atoms with Gasteiger partial charge in [0.2, 0.25) is 0 Å². The minimum atomic E-state index is -3.21. The summed E-state index contributed by atoms with van der Waals surface area (Å²) in [5.41, 5.74) is 5.47. The number of hydrogen-bond acceptors (Lipinski definition) is 6. The largest absolute Gasteiger partial charge is 0.351 e. The first-order valence-electron chi connectivity index (χ1n) is 10.8. The number of nitrogens with zero attached hydrogens (tertiary/aromatic N) is 3. The van der Waals surface area contributed by atoms with Crippen LogP contribution in [0, 0.1) is 0 Å². The average molecular weight is 464 g/mol. The minimum Gasteiger partial charge on any atom is -0.351 e. The molecule has 0 saturated heterocycles. The van der Waals surface area contributed by atoms with Gasteiger partial charge in [-0.15, -0.1) is 0 Å². The molecule has 2 N–H and O–H groups in total. The first-order chi connectivity index (χ1) is 15.8. The Balaban J connectivity index is 1.58. The van der Waals surface area contributed by atoms with Crippen molar-refractivity contribution < 1.29 is 13.2 Å². The lowest BCUT2D eigenvalue weighted by molar-refractivity contribution is 0.0951. The normalized spacial score (nSPS) is 15.1. The number of amides is 1. The molecule has 2 aromatic carbocycles. The molecule has 3 heterocycles. The lowest BCUT2D eigenvalue weighted by Gasteiger charge is -2.22. The molecule has 0 fully saturated rings. The third kappa shape index (κ3) is 4.09. The third-order valence-electron chi connectivity index (χ3n) is 6.08. The van der Waals surface area contributed by atoms with E-state index in [4.69, 9.17) is 4.98 Å². The van der Waals surface area contributed by atoms with Gasteiger partial charge in [0, 0.05) is 35.0 Å². The van der Waals surface area contributed by atoms with E-state index in [0.717, 1.165) is 45.0 Å². The van der Waals surface area contributed by atoms with Gasteiger partial charge in [-0.2, -0.15) is 5.10 Å². The SMILES string of the molecule is CN(C)CCNC(=O)c1ccc(-c2nc3ccc4[nH]ncc4c3c3c2CS(=O)(=O)CC3)cc1. The van der Waals surface area contributed by atoms with Crippen LogP contribution in [0.1, 0.15) is 21.5 Å². The number of aromatic nitrogens is 3. The number of nitrogens with one attached hydrogen (secondary N) is 2. The van der Waals surface area contributed by atoms with E-state index in [2.05, 4.69) is 15.5 Å². The molecule has 1 aliphatic rings. The Bertz CT molecular complexity index is 1470. The Kier molecular flexibility index (Phi) is 5.38. The number of aromatic amines is 1. The Morgan fingerprint density at radius 3 is 2.67 bits per heavy atom. The average Bonchev–Trinajstić information content (AvgIpc) is 3.26. The van der Waals surface area contributed by atoms with Crippen LogP contribution < -0.4 is 5.32 Å². The topological polar surface area (TPSA) is 108 Å². The first-order valence-corrected chi connectivity index (χ1v) is 12.7. The molecule has 0 saturated carbocycles. The molecular formula is C24H25N5O3S. The molecule has 1 aliphatic heterocycles. The van der Waals surface area contributed by atoms with Gasteiger partial charge in [-0.25, -0.2) is 13.4 Å². The number of pyridine rings is 1. The van der Waals surface area contributed by atoms with Crippen molar-refractivity contribution in [3.63, 3.8) is 0 Å². The van der Waals surface area contributed by atoms with Crippen molar-refractivity contribution in [2.45, 2.75) is 12.2 Å². The molecule has 0 unspecified atom stereocenters. The summed E-state index contributed by atoms with van der Waals surface area (Å²) in [5.74, 6) is -0.0534. The summed E-state index contributed by atoms with van der Waals surface area (Å²) in [7, 11) is 0.703. The Hall–Kier alpha value is -3.30. The van der Waals surface area contributed by atoms with Gasteiger partial charge < -0.3 is 10.2 Å². The highest BCUT2D eigenvalue weighted by atomic mass is 32.2. The molecule has 0 bridgehead atoms. The number of hydrogen-bond donors (Lipinski definition) is 2. The van der Waals surface area contributed by atoms with Gasteiger partial charge in [0.25, 0.3) is 5.91 Å². The fraction of sp³-hybridized carbons (Fsp3) is 0.292. The van der Waals surface area contributed by atoms with E-state index in [1.54, 1.807) is 18.3 Å². The van der Waals surface area contributed by atoms with Crippen molar-refractivity contribution >= 4 is 37.6 Å². The molecule has 0 atom stereocenters. The van der Waals surface area contributed by atoms with E-state index in [0.29, 0.717) is 24.2 Å². The highest BCUT2D eigenvalue weighted by molar-refractivity contribution is 7.90. The minimum absolute atomic E-state index is 0.0401. The molecule has 5 rings (SSSR count). The summed E-state index contributed by atoms with van der Waals surface area (Å²) in [6.07, 6.45) is 2.21. The lowest BCUT2D eigenvalue weighted by atomic mass is 9.94. The maximum atomic E-state index is 12.5. The predicted molar refractivity (Wildman–Crippen MR) is 129 cm³/mol. The summed E-state index contributed by atoms with van der Waals surface area (Å²) in [6, 6.07) is 11.1. The molecule has 9 heteroatoms. The number of fused-ring (bicyclic) bond motifs is 5. The third-order valence-corrected chi connectivity index (χ3v) is 7.63. The van der Waals surface area contributed by atoms with Crippen LogP contribution >= 0.6 is 0 Å². The van der Waals surface area contributed by atoms with Gasteiger partial charge in [-0.05, 0) is 55.9 Å². The summed E-state index contributed by atoms with van der Waals surface area (Å²) >= 11 is 0. The number of rotatable bonds is 5. The zero-order chi connectivity index (χ0) is 23.2. The quantitative estimate of drug-likeness (QED) is 0.471. The summed E-state index contributed by atoms with van der Waals surface area (Å²) < 4.78 is 25.1. The maximum Gasteiger partial charge on any atom is 0.251 e. The summed E-state index contributed by atoms with van der Waals surface area (Å²) in [4.78, 5) is 19.3. The summed E-state index contributed by atoms with van der Waals surface area (Å²) in [6.45, 7) is 1.32. The van der Waals surface area contributed by atoms with E-state index in [1.807, 2.05) is 43.3 Å².